The van der Waals surface area contributed by atoms with E-state index in [4.69, 9.17) is 0 Å². The fraction of sp³-hybridized carbons (Fsp3) is 0.0833. The van der Waals surface area contributed by atoms with Crippen molar-refractivity contribution in [1.29, 1.82) is 0 Å². The number of carbonyl (C=O) groups is 1. The van der Waals surface area contributed by atoms with Crippen LogP contribution in [0.5, 0.6) is 0 Å². The minimum absolute atomic E-state index is 0.0860. The number of nitrogens with zero attached hydrogens (tertiary/aromatic N) is 2. The van der Waals surface area contributed by atoms with Gasteiger partial charge in [-0.15, -0.1) is 0 Å². The summed E-state index contributed by atoms with van der Waals surface area (Å²) in [6.45, 7) is 1.88. The summed E-state index contributed by atoms with van der Waals surface area (Å²) in [6.07, 6.45) is 3.25. The lowest BCUT2D eigenvalue weighted by Gasteiger charge is -2.11. The lowest BCUT2D eigenvalue weighted by molar-refractivity contribution is 0.0951. The van der Waals surface area contributed by atoms with Gasteiger partial charge in [0.05, 0.1) is 10.6 Å². The zero-order valence-corrected chi connectivity index (χ0v) is 18.8. The maximum atomic E-state index is 14.5. The number of aromatic nitrogens is 2. The third-order valence-electron chi connectivity index (χ3n) is 5.07. The SMILES string of the molecule is Cc1nccn1-c1ccc(CNC(=O)c2ccc(NS(=O)(=O)c3ccc(F)cc3)cc2)cc1F. The van der Waals surface area contributed by atoms with E-state index in [1.165, 1.54) is 30.3 Å². The maximum absolute atomic E-state index is 14.5. The second kappa shape index (κ2) is 9.44. The van der Waals surface area contributed by atoms with Gasteiger partial charge in [-0.25, -0.2) is 22.2 Å². The summed E-state index contributed by atoms with van der Waals surface area (Å²) in [4.78, 5) is 16.5. The van der Waals surface area contributed by atoms with Gasteiger partial charge in [-0.05, 0) is 73.2 Å². The second-order valence-electron chi connectivity index (χ2n) is 7.45. The Hall–Kier alpha value is -4.05. The summed E-state index contributed by atoms with van der Waals surface area (Å²) in [7, 11) is -3.89. The number of benzene rings is 3. The Bertz CT molecular complexity index is 1430. The van der Waals surface area contributed by atoms with Crippen molar-refractivity contribution >= 4 is 21.6 Å². The summed E-state index contributed by atoms with van der Waals surface area (Å²) in [5, 5.41) is 2.71. The molecule has 0 unspecified atom stereocenters. The van der Waals surface area contributed by atoms with Crippen LogP contribution in [0.3, 0.4) is 0 Å². The summed E-state index contributed by atoms with van der Waals surface area (Å²) in [6, 6.07) is 14.9. The Morgan fingerprint density at radius 2 is 1.71 bits per heavy atom. The number of rotatable bonds is 7. The highest BCUT2D eigenvalue weighted by atomic mass is 32.2. The monoisotopic (exact) mass is 482 g/mol. The van der Waals surface area contributed by atoms with Crippen LogP contribution in [0.4, 0.5) is 14.5 Å². The molecule has 1 amide bonds. The Morgan fingerprint density at radius 1 is 1.00 bits per heavy atom. The molecule has 7 nitrogen and oxygen atoms in total. The predicted octanol–water partition coefficient (Wildman–Crippen LogP) is 4.19. The summed E-state index contributed by atoms with van der Waals surface area (Å²) in [5.74, 6) is -0.724. The van der Waals surface area contributed by atoms with Crippen LogP contribution < -0.4 is 10.0 Å². The summed E-state index contributed by atoms with van der Waals surface area (Å²) < 4.78 is 56.3. The van der Waals surface area contributed by atoms with Gasteiger partial charge in [-0.1, -0.05) is 6.07 Å². The van der Waals surface area contributed by atoms with E-state index in [1.807, 2.05) is 0 Å². The number of sulfonamides is 1. The minimum Gasteiger partial charge on any atom is -0.348 e. The summed E-state index contributed by atoms with van der Waals surface area (Å²) >= 11 is 0. The molecule has 1 heterocycles. The number of hydrogen-bond donors (Lipinski definition) is 2. The van der Waals surface area contributed by atoms with Gasteiger partial charge in [0.2, 0.25) is 0 Å². The minimum atomic E-state index is -3.89. The molecule has 10 heteroatoms. The smallest absolute Gasteiger partial charge is 0.261 e. The molecular weight excluding hydrogens is 462 g/mol. The maximum Gasteiger partial charge on any atom is 0.261 e. The number of hydrogen-bond acceptors (Lipinski definition) is 4. The number of carbonyl (C=O) groups excluding carboxylic acids is 1. The van der Waals surface area contributed by atoms with E-state index in [0.29, 0.717) is 22.6 Å². The molecule has 4 aromatic rings. The Balaban J connectivity index is 1.38. The third-order valence-corrected chi connectivity index (χ3v) is 6.47. The first kappa shape index (κ1) is 23.1. The van der Waals surface area contributed by atoms with E-state index in [1.54, 1.807) is 36.0 Å². The predicted molar refractivity (Wildman–Crippen MR) is 123 cm³/mol. The first-order valence-electron chi connectivity index (χ1n) is 10.2. The lowest BCUT2D eigenvalue weighted by atomic mass is 10.1. The number of halogens is 2. The molecule has 0 bridgehead atoms. The van der Waals surface area contributed by atoms with Gasteiger partial charge in [0.15, 0.2) is 0 Å². The van der Waals surface area contributed by atoms with Gasteiger partial charge in [0, 0.05) is 30.2 Å². The normalized spacial score (nSPS) is 11.3. The van der Waals surface area contributed by atoms with E-state index in [-0.39, 0.29) is 17.1 Å². The fourth-order valence-corrected chi connectivity index (χ4v) is 4.35. The lowest BCUT2D eigenvalue weighted by Crippen LogP contribution is -2.23. The Labute approximate surface area is 195 Å². The highest BCUT2D eigenvalue weighted by molar-refractivity contribution is 7.92. The van der Waals surface area contributed by atoms with Crippen LogP contribution in [-0.4, -0.2) is 23.9 Å². The van der Waals surface area contributed by atoms with Crippen molar-refractivity contribution in [3.05, 3.63) is 108 Å². The molecule has 2 N–H and O–H groups in total. The molecule has 0 atom stereocenters. The zero-order valence-electron chi connectivity index (χ0n) is 18.0. The van der Waals surface area contributed by atoms with E-state index < -0.39 is 27.6 Å². The molecule has 0 aliphatic heterocycles. The molecule has 0 aliphatic carbocycles. The molecule has 3 aromatic carbocycles. The average Bonchev–Trinajstić information content (AvgIpc) is 3.23. The first-order chi connectivity index (χ1) is 16.2. The topological polar surface area (TPSA) is 93.1 Å². The molecule has 0 radical (unpaired) electrons. The molecule has 0 aliphatic rings. The van der Waals surface area contributed by atoms with Crippen LogP contribution in [-0.2, 0) is 16.6 Å². The van der Waals surface area contributed by atoms with Crippen LogP contribution >= 0.6 is 0 Å². The van der Waals surface area contributed by atoms with Gasteiger partial charge in [-0.3, -0.25) is 9.52 Å². The van der Waals surface area contributed by atoms with Crippen LogP contribution in [0.25, 0.3) is 5.69 Å². The van der Waals surface area contributed by atoms with Gasteiger partial charge >= 0.3 is 0 Å². The van der Waals surface area contributed by atoms with Crippen molar-refractivity contribution in [2.24, 2.45) is 0 Å². The van der Waals surface area contributed by atoms with Gasteiger partial charge in [0.1, 0.15) is 17.5 Å². The van der Waals surface area contributed by atoms with Gasteiger partial charge < -0.3 is 9.88 Å². The van der Waals surface area contributed by atoms with Crippen molar-refractivity contribution in [2.75, 3.05) is 4.72 Å². The van der Waals surface area contributed by atoms with Crippen molar-refractivity contribution < 1.29 is 22.0 Å². The average molecular weight is 483 g/mol. The van der Waals surface area contributed by atoms with Gasteiger partial charge in [0.25, 0.3) is 15.9 Å². The molecule has 174 valence electrons. The highest BCUT2D eigenvalue weighted by Gasteiger charge is 2.15. The molecule has 0 saturated carbocycles. The van der Waals surface area contributed by atoms with Gasteiger partial charge in [-0.2, -0.15) is 0 Å². The standard InChI is InChI=1S/C24H20F2N4O3S/c1-16-27-12-13-30(16)23-11-2-17(14-22(23)26)15-28-24(31)18-3-7-20(8-4-18)29-34(32,33)21-9-5-19(25)6-10-21/h2-14,29H,15H2,1H3,(H,28,31). The van der Waals surface area contributed by atoms with Crippen molar-refractivity contribution in [1.82, 2.24) is 14.9 Å². The van der Waals surface area contributed by atoms with Crippen molar-refractivity contribution in [2.45, 2.75) is 18.4 Å². The molecule has 0 saturated heterocycles. The molecule has 4 rings (SSSR count). The Kier molecular flexibility index (Phi) is 6.42. The quantitative estimate of drug-likeness (QED) is 0.413. The first-order valence-corrected chi connectivity index (χ1v) is 11.7. The van der Waals surface area contributed by atoms with E-state index in [9.17, 15) is 22.0 Å². The van der Waals surface area contributed by atoms with E-state index in [0.717, 1.165) is 24.3 Å². The third kappa shape index (κ3) is 5.12. The molecule has 0 fully saturated rings. The van der Waals surface area contributed by atoms with E-state index in [2.05, 4.69) is 15.0 Å². The number of amides is 1. The van der Waals surface area contributed by atoms with E-state index >= 15 is 0 Å². The van der Waals surface area contributed by atoms with Crippen LogP contribution in [0.2, 0.25) is 0 Å². The van der Waals surface area contributed by atoms with Crippen molar-refractivity contribution in [3.8, 4) is 5.69 Å². The largest absolute Gasteiger partial charge is 0.348 e. The van der Waals surface area contributed by atoms with Crippen molar-refractivity contribution in [3.63, 3.8) is 0 Å². The van der Waals surface area contributed by atoms with Crippen LogP contribution in [0.15, 0.2) is 84.0 Å². The molecule has 34 heavy (non-hydrogen) atoms. The Morgan fingerprint density at radius 3 is 2.32 bits per heavy atom. The molecule has 1 aromatic heterocycles. The number of anilines is 1. The molecule has 0 spiro atoms. The van der Waals surface area contributed by atoms with Crippen LogP contribution in [0.1, 0.15) is 21.7 Å². The zero-order chi connectivity index (χ0) is 24.3. The fourth-order valence-electron chi connectivity index (χ4n) is 3.29. The number of imidazole rings is 1. The van der Waals surface area contributed by atoms with Crippen LogP contribution in [0, 0.1) is 18.6 Å². The summed E-state index contributed by atoms with van der Waals surface area (Å²) in [5.41, 5.74) is 1.49. The number of aryl methyl sites for hydroxylation is 1. The molecular formula is C24H20F2N4O3S. The number of nitrogens with one attached hydrogen (secondary N) is 2. The second-order valence-corrected chi connectivity index (χ2v) is 9.13. The highest BCUT2D eigenvalue weighted by Crippen LogP contribution is 2.19.